The molecule has 0 unspecified atom stereocenters. The van der Waals surface area contributed by atoms with Crippen LogP contribution in [0.3, 0.4) is 0 Å². The number of fused-ring (bicyclic) bond motifs is 5. The number of phenolic OH excluding ortho intramolecular Hbond substituents is 1. The van der Waals surface area contributed by atoms with E-state index in [0.717, 1.165) is 57.8 Å². The average Bonchev–Trinajstić information content (AvgIpc) is 2.90. The molecule has 3 heteroatoms. The highest BCUT2D eigenvalue weighted by molar-refractivity contribution is 5.40. The zero-order valence-electron chi connectivity index (χ0n) is 16.1. The minimum Gasteiger partial charge on any atom is -0.508 e. The molecule has 0 aliphatic heterocycles. The molecule has 0 aromatic heterocycles. The molecular formula is C23H34O3. The molecule has 144 valence electrons. The van der Waals surface area contributed by atoms with Gasteiger partial charge in [0.05, 0.1) is 5.60 Å². The summed E-state index contributed by atoms with van der Waals surface area (Å²) in [6, 6.07) is 5.97. The van der Waals surface area contributed by atoms with Gasteiger partial charge in [0.2, 0.25) is 0 Å². The first-order chi connectivity index (χ1) is 12.5. The van der Waals surface area contributed by atoms with Gasteiger partial charge in [0.25, 0.3) is 0 Å². The van der Waals surface area contributed by atoms with Crippen molar-refractivity contribution in [1.82, 2.24) is 0 Å². The zero-order chi connectivity index (χ0) is 18.4. The van der Waals surface area contributed by atoms with Gasteiger partial charge in [-0.05, 0) is 97.8 Å². The van der Waals surface area contributed by atoms with Crippen LogP contribution in [-0.2, 0) is 6.42 Å². The lowest BCUT2D eigenvalue weighted by atomic mass is 9.53. The van der Waals surface area contributed by atoms with Gasteiger partial charge in [0.1, 0.15) is 5.75 Å². The third-order valence-electron chi connectivity index (χ3n) is 8.28. The molecule has 5 atom stereocenters. The first kappa shape index (κ1) is 18.3. The molecular weight excluding hydrogens is 324 g/mol. The van der Waals surface area contributed by atoms with Crippen LogP contribution in [0.2, 0.25) is 0 Å². The van der Waals surface area contributed by atoms with Gasteiger partial charge in [0.15, 0.2) is 0 Å². The first-order valence-electron chi connectivity index (χ1n) is 10.6. The number of phenols is 1. The third kappa shape index (κ3) is 2.79. The average molecular weight is 359 g/mol. The van der Waals surface area contributed by atoms with E-state index in [2.05, 4.69) is 13.0 Å². The zero-order valence-corrected chi connectivity index (χ0v) is 16.1. The highest BCUT2D eigenvalue weighted by atomic mass is 16.3. The number of aromatic hydroxyl groups is 1. The Labute approximate surface area is 157 Å². The molecule has 2 saturated carbocycles. The van der Waals surface area contributed by atoms with Gasteiger partial charge in [-0.1, -0.05) is 25.8 Å². The van der Waals surface area contributed by atoms with E-state index < -0.39 is 5.60 Å². The van der Waals surface area contributed by atoms with Crippen LogP contribution >= 0.6 is 0 Å². The van der Waals surface area contributed by atoms with Gasteiger partial charge in [-0.15, -0.1) is 0 Å². The number of aliphatic hydroxyl groups is 2. The molecule has 0 amide bonds. The molecule has 1 aromatic carbocycles. The lowest BCUT2D eigenvalue weighted by Crippen LogP contribution is -2.50. The minimum absolute atomic E-state index is 0.0435. The van der Waals surface area contributed by atoms with Crippen LogP contribution in [-0.4, -0.2) is 27.5 Å². The second-order valence-electron chi connectivity index (χ2n) is 9.36. The van der Waals surface area contributed by atoms with E-state index in [1.165, 1.54) is 17.5 Å². The van der Waals surface area contributed by atoms with Gasteiger partial charge in [0, 0.05) is 6.61 Å². The van der Waals surface area contributed by atoms with E-state index in [-0.39, 0.29) is 12.0 Å². The fourth-order valence-electron chi connectivity index (χ4n) is 6.80. The van der Waals surface area contributed by atoms with Crippen LogP contribution in [0.15, 0.2) is 18.2 Å². The number of hydrogen-bond acceptors (Lipinski definition) is 3. The van der Waals surface area contributed by atoms with Crippen molar-refractivity contribution in [2.24, 2.45) is 17.3 Å². The standard InChI is InChI=1S/C23H34O3/c1-22-12-9-19-18-8-6-17(25)15-16(18)5-7-20(19)21(22)10-13-23(22,26)11-3-2-4-14-24/h6,8,15,19-21,24-26H,2-5,7,9-14H2,1H3/t19-,20-,21+,22+,23-/m1/s1. The summed E-state index contributed by atoms with van der Waals surface area (Å²) in [5, 5.41) is 30.4. The fraction of sp³-hybridized carbons (Fsp3) is 0.739. The number of aryl methyl sites for hydroxylation is 1. The van der Waals surface area contributed by atoms with E-state index in [1.54, 1.807) is 0 Å². The smallest absolute Gasteiger partial charge is 0.115 e. The topological polar surface area (TPSA) is 60.7 Å². The molecule has 0 spiro atoms. The van der Waals surface area contributed by atoms with Crippen LogP contribution in [0, 0.1) is 17.3 Å². The quantitative estimate of drug-likeness (QED) is 0.678. The van der Waals surface area contributed by atoms with Crippen LogP contribution in [0.4, 0.5) is 0 Å². The van der Waals surface area contributed by atoms with Crippen molar-refractivity contribution in [2.75, 3.05) is 6.61 Å². The molecule has 1 aromatic rings. The second kappa shape index (κ2) is 6.83. The molecule has 26 heavy (non-hydrogen) atoms. The van der Waals surface area contributed by atoms with Crippen molar-refractivity contribution >= 4 is 0 Å². The van der Waals surface area contributed by atoms with Crippen LogP contribution in [0.5, 0.6) is 5.75 Å². The predicted octanol–water partition coefficient (Wildman–Crippen LogP) is 4.53. The largest absolute Gasteiger partial charge is 0.508 e. The Morgan fingerprint density at radius 2 is 1.92 bits per heavy atom. The fourth-order valence-corrected chi connectivity index (χ4v) is 6.80. The van der Waals surface area contributed by atoms with Gasteiger partial charge in [-0.3, -0.25) is 0 Å². The number of rotatable bonds is 5. The van der Waals surface area contributed by atoms with Crippen molar-refractivity contribution in [1.29, 1.82) is 0 Å². The summed E-state index contributed by atoms with van der Waals surface area (Å²) in [6.45, 7) is 2.62. The number of unbranched alkanes of at least 4 members (excludes halogenated alkanes) is 2. The highest BCUT2D eigenvalue weighted by Crippen LogP contribution is 2.65. The summed E-state index contributed by atoms with van der Waals surface area (Å²) in [5.74, 6) is 2.29. The van der Waals surface area contributed by atoms with Gasteiger partial charge >= 0.3 is 0 Å². The van der Waals surface area contributed by atoms with Gasteiger partial charge < -0.3 is 15.3 Å². The van der Waals surface area contributed by atoms with Crippen molar-refractivity contribution in [2.45, 2.75) is 82.7 Å². The van der Waals surface area contributed by atoms with E-state index in [9.17, 15) is 10.2 Å². The molecule has 2 fully saturated rings. The third-order valence-corrected chi connectivity index (χ3v) is 8.28. The Morgan fingerprint density at radius 1 is 1.08 bits per heavy atom. The lowest BCUT2D eigenvalue weighted by Gasteiger charge is -2.53. The molecule has 4 rings (SSSR count). The Hall–Kier alpha value is -1.06. The van der Waals surface area contributed by atoms with Crippen molar-refractivity contribution < 1.29 is 15.3 Å². The molecule has 0 radical (unpaired) electrons. The normalized spacial score (nSPS) is 38.5. The Balaban J connectivity index is 1.54. The number of hydrogen-bond donors (Lipinski definition) is 3. The van der Waals surface area contributed by atoms with E-state index in [1.807, 2.05) is 12.1 Å². The Bertz CT molecular complexity index is 657. The molecule has 3 aliphatic carbocycles. The van der Waals surface area contributed by atoms with Crippen molar-refractivity contribution in [3.05, 3.63) is 29.3 Å². The summed E-state index contributed by atoms with van der Waals surface area (Å²) in [6.07, 6.45) is 10.4. The highest BCUT2D eigenvalue weighted by Gasteiger charge is 2.60. The molecule has 0 heterocycles. The summed E-state index contributed by atoms with van der Waals surface area (Å²) < 4.78 is 0. The summed E-state index contributed by atoms with van der Waals surface area (Å²) in [5.41, 5.74) is 2.32. The maximum Gasteiger partial charge on any atom is 0.115 e. The SMILES string of the molecule is C[C@]12CC[C@@H]3c4ccc(O)cc4CC[C@H]3[C@@H]1CC[C@]2(O)CCCCCO. The minimum atomic E-state index is -0.521. The van der Waals surface area contributed by atoms with Crippen LogP contribution in [0.25, 0.3) is 0 Å². The Kier molecular flexibility index (Phi) is 4.81. The predicted molar refractivity (Wildman–Crippen MR) is 103 cm³/mol. The molecule has 0 bridgehead atoms. The van der Waals surface area contributed by atoms with Gasteiger partial charge in [-0.2, -0.15) is 0 Å². The number of aliphatic hydroxyl groups excluding tert-OH is 1. The monoisotopic (exact) mass is 358 g/mol. The molecule has 3 nitrogen and oxygen atoms in total. The first-order valence-corrected chi connectivity index (χ1v) is 10.6. The van der Waals surface area contributed by atoms with E-state index in [0.29, 0.717) is 23.5 Å². The molecule has 3 N–H and O–H groups in total. The maximum absolute atomic E-state index is 11.6. The van der Waals surface area contributed by atoms with E-state index in [4.69, 9.17) is 5.11 Å². The van der Waals surface area contributed by atoms with E-state index >= 15 is 0 Å². The summed E-state index contributed by atoms with van der Waals surface area (Å²) in [7, 11) is 0. The molecule has 3 aliphatic rings. The van der Waals surface area contributed by atoms with Crippen molar-refractivity contribution in [3.8, 4) is 5.75 Å². The number of benzene rings is 1. The van der Waals surface area contributed by atoms with Gasteiger partial charge in [-0.25, -0.2) is 0 Å². The molecule has 0 saturated heterocycles. The summed E-state index contributed by atoms with van der Waals surface area (Å²) >= 11 is 0. The Morgan fingerprint density at radius 3 is 2.73 bits per heavy atom. The van der Waals surface area contributed by atoms with Crippen molar-refractivity contribution in [3.63, 3.8) is 0 Å². The second-order valence-corrected chi connectivity index (χ2v) is 9.36. The van der Waals surface area contributed by atoms with Crippen LogP contribution < -0.4 is 0 Å². The maximum atomic E-state index is 11.6. The van der Waals surface area contributed by atoms with Crippen LogP contribution in [0.1, 0.15) is 81.8 Å². The summed E-state index contributed by atoms with van der Waals surface area (Å²) in [4.78, 5) is 0. The lowest BCUT2D eigenvalue weighted by molar-refractivity contribution is -0.108.